The van der Waals surface area contributed by atoms with Crippen molar-refractivity contribution in [1.82, 2.24) is 14.7 Å². The molecule has 1 aliphatic heterocycles. The zero-order valence-corrected chi connectivity index (χ0v) is 16.8. The molecule has 2 heterocycles. The Morgan fingerprint density at radius 2 is 1.86 bits per heavy atom. The maximum absolute atomic E-state index is 13.1. The number of carbonyl (C=O) groups is 1. The van der Waals surface area contributed by atoms with E-state index in [0.29, 0.717) is 18.6 Å². The summed E-state index contributed by atoms with van der Waals surface area (Å²) in [6, 6.07) is 7.95. The molecule has 1 amide bonds. The van der Waals surface area contributed by atoms with E-state index in [9.17, 15) is 4.79 Å². The van der Waals surface area contributed by atoms with Crippen LogP contribution in [0.2, 0.25) is 0 Å². The molecule has 2 aromatic rings. The second-order valence-electron chi connectivity index (χ2n) is 7.80. The van der Waals surface area contributed by atoms with Gasteiger partial charge in [-0.25, -0.2) is 4.68 Å². The van der Waals surface area contributed by atoms with Gasteiger partial charge in [0.25, 0.3) is 0 Å². The third-order valence-electron chi connectivity index (χ3n) is 6.14. The molecule has 1 aromatic carbocycles. The maximum Gasteiger partial charge on any atom is 0.225 e. The van der Waals surface area contributed by atoms with E-state index in [-0.39, 0.29) is 5.92 Å². The summed E-state index contributed by atoms with van der Waals surface area (Å²) in [4.78, 5) is 15.1. The van der Waals surface area contributed by atoms with Gasteiger partial charge in [0.2, 0.25) is 5.91 Å². The molecule has 28 heavy (non-hydrogen) atoms. The quantitative estimate of drug-likeness (QED) is 0.812. The summed E-state index contributed by atoms with van der Waals surface area (Å²) in [5, 5.41) is 4.61. The van der Waals surface area contributed by atoms with Crippen molar-refractivity contribution < 1.29 is 14.3 Å². The van der Waals surface area contributed by atoms with Gasteiger partial charge in [0.05, 0.1) is 25.1 Å². The molecule has 1 saturated carbocycles. The highest BCUT2D eigenvalue weighted by atomic mass is 16.5. The minimum absolute atomic E-state index is 0.143. The molecule has 4 rings (SSSR count). The van der Waals surface area contributed by atoms with Crippen molar-refractivity contribution in [3.8, 4) is 11.4 Å². The number of ether oxygens (including phenoxy) is 2. The van der Waals surface area contributed by atoms with Crippen molar-refractivity contribution in [2.45, 2.75) is 51.2 Å². The predicted molar refractivity (Wildman–Crippen MR) is 107 cm³/mol. The molecule has 0 unspecified atom stereocenters. The molecular weight excluding hydrogens is 354 g/mol. The second-order valence-corrected chi connectivity index (χ2v) is 7.80. The van der Waals surface area contributed by atoms with E-state index in [4.69, 9.17) is 9.47 Å². The largest absolute Gasteiger partial charge is 0.497 e. The van der Waals surface area contributed by atoms with Crippen molar-refractivity contribution in [2.75, 3.05) is 20.8 Å². The number of hydrogen-bond acceptors (Lipinski definition) is 4. The molecule has 1 aliphatic carbocycles. The zero-order valence-electron chi connectivity index (χ0n) is 16.8. The first-order valence-electron chi connectivity index (χ1n) is 10.2. The molecule has 0 N–H and O–H groups in total. The van der Waals surface area contributed by atoms with Crippen LogP contribution in [-0.2, 0) is 22.5 Å². The standard InChI is InChI=1S/C22H29N3O3/c1-27-19-9-5-16(6-10-19)22(26)24-13-3-4-21-17(15-24)14-23-25(21)18-7-11-20(28-2)12-8-18/h7-8,11-12,14,16,19H,3-6,9-10,13,15H2,1-2H3. The Hall–Kier alpha value is -2.34. The summed E-state index contributed by atoms with van der Waals surface area (Å²) in [5.74, 6) is 1.28. The molecule has 2 aliphatic rings. The topological polar surface area (TPSA) is 56.6 Å². The van der Waals surface area contributed by atoms with Gasteiger partial charge in [-0.2, -0.15) is 5.10 Å². The lowest BCUT2D eigenvalue weighted by Gasteiger charge is -2.31. The highest BCUT2D eigenvalue weighted by molar-refractivity contribution is 5.79. The molecule has 150 valence electrons. The predicted octanol–water partition coefficient (Wildman–Crippen LogP) is 3.36. The van der Waals surface area contributed by atoms with Crippen LogP contribution in [0.5, 0.6) is 5.75 Å². The van der Waals surface area contributed by atoms with Crippen molar-refractivity contribution in [3.05, 3.63) is 41.7 Å². The third-order valence-corrected chi connectivity index (χ3v) is 6.14. The Bertz CT molecular complexity index is 807. The smallest absolute Gasteiger partial charge is 0.225 e. The lowest BCUT2D eigenvalue weighted by atomic mass is 9.86. The van der Waals surface area contributed by atoms with Crippen LogP contribution in [0.15, 0.2) is 30.5 Å². The molecule has 6 heteroatoms. The lowest BCUT2D eigenvalue weighted by molar-refractivity contribution is -0.138. The van der Waals surface area contributed by atoms with E-state index >= 15 is 0 Å². The average molecular weight is 383 g/mol. The molecule has 0 radical (unpaired) electrons. The fourth-order valence-electron chi connectivity index (χ4n) is 4.47. The number of benzene rings is 1. The number of fused-ring (bicyclic) bond motifs is 1. The van der Waals surface area contributed by atoms with Gasteiger partial charge in [0.15, 0.2) is 0 Å². The van der Waals surface area contributed by atoms with Gasteiger partial charge >= 0.3 is 0 Å². The van der Waals surface area contributed by atoms with Crippen LogP contribution in [0.1, 0.15) is 43.4 Å². The molecule has 1 fully saturated rings. The number of hydrogen-bond donors (Lipinski definition) is 0. The number of carbonyl (C=O) groups excluding carboxylic acids is 1. The summed E-state index contributed by atoms with van der Waals surface area (Å²) in [5.41, 5.74) is 3.40. The van der Waals surface area contributed by atoms with Crippen molar-refractivity contribution >= 4 is 5.91 Å². The van der Waals surface area contributed by atoms with Crippen LogP contribution in [0.25, 0.3) is 5.69 Å². The van der Waals surface area contributed by atoms with Crippen LogP contribution in [0.4, 0.5) is 0 Å². The zero-order chi connectivity index (χ0) is 19.5. The van der Waals surface area contributed by atoms with Crippen molar-refractivity contribution in [3.63, 3.8) is 0 Å². The summed E-state index contributed by atoms with van der Waals surface area (Å²) < 4.78 is 12.7. The second kappa shape index (κ2) is 8.35. The van der Waals surface area contributed by atoms with Gasteiger partial charge in [0, 0.05) is 37.4 Å². The summed E-state index contributed by atoms with van der Waals surface area (Å²) >= 11 is 0. The van der Waals surface area contributed by atoms with Crippen LogP contribution < -0.4 is 4.74 Å². The summed E-state index contributed by atoms with van der Waals surface area (Å²) in [6.07, 6.45) is 7.99. The van der Waals surface area contributed by atoms with E-state index in [2.05, 4.69) is 5.10 Å². The number of nitrogens with zero attached hydrogens (tertiary/aromatic N) is 3. The number of methoxy groups -OCH3 is 2. The molecule has 0 spiro atoms. The normalized spacial score (nSPS) is 22.4. The highest BCUT2D eigenvalue weighted by Gasteiger charge is 2.31. The van der Waals surface area contributed by atoms with Crippen LogP contribution >= 0.6 is 0 Å². The Morgan fingerprint density at radius 3 is 2.54 bits per heavy atom. The highest BCUT2D eigenvalue weighted by Crippen LogP contribution is 2.29. The van der Waals surface area contributed by atoms with E-state index in [1.54, 1.807) is 14.2 Å². The third kappa shape index (κ3) is 3.78. The van der Waals surface area contributed by atoms with Gasteiger partial charge in [-0.1, -0.05) is 0 Å². The summed E-state index contributed by atoms with van der Waals surface area (Å²) in [6.45, 7) is 1.48. The first-order valence-corrected chi connectivity index (χ1v) is 10.2. The van der Waals surface area contributed by atoms with E-state index in [1.807, 2.05) is 40.0 Å². The molecule has 0 saturated heterocycles. The number of rotatable bonds is 4. The fraction of sp³-hybridized carbons (Fsp3) is 0.545. The molecule has 6 nitrogen and oxygen atoms in total. The lowest BCUT2D eigenvalue weighted by Crippen LogP contribution is -2.38. The Labute approximate surface area is 166 Å². The van der Waals surface area contributed by atoms with E-state index in [1.165, 1.54) is 5.69 Å². The van der Waals surface area contributed by atoms with E-state index < -0.39 is 0 Å². The van der Waals surface area contributed by atoms with Gasteiger partial charge in [-0.3, -0.25) is 4.79 Å². The van der Waals surface area contributed by atoms with Crippen molar-refractivity contribution in [2.24, 2.45) is 5.92 Å². The van der Waals surface area contributed by atoms with E-state index in [0.717, 1.165) is 62.1 Å². The minimum atomic E-state index is 0.143. The Kier molecular flexibility index (Phi) is 5.67. The van der Waals surface area contributed by atoms with Gasteiger partial charge in [-0.05, 0) is 62.8 Å². The van der Waals surface area contributed by atoms with Gasteiger partial charge in [-0.15, -0.1) is 0 Å². The Balaban J connectivity index is 1.48. The monoisotopic (exact) mass is 383 g/mol. The first-order chi connectivity index (χ1) is 13.7. The fourth-order valence-corrected chi connectivity index (χ4v) is 4.47. The maximum atomic E-state index is 13.1. The first kappa shape index (κ1) is 19.0. The van der Waals surface area contributed by atoms with Gasteiger partial charge in [0.1, 0.15) is 5.75 Å². The Morgan fingerprint density at radius 1 is 1.11 bits per heavy atom. The van der Waals surface area contributed by atoms with Crippen LogP contribution in [0.3, 0.4) is 0 Å². The average Bonchev–Trinajstić information content (AvgIpc) is 3.03. The minimum Gasteiger partial charge on any atom is -0.497 e. The summed E-state index contributed by atoms with van der Waals surface area (Å²) in [7, 11) is 3.44. The number of amides is 1. The van der Waals surface area contributed by atoms with Crippen LogP contribution in [-0.4, -0.2) is 47.5 Å². The molecule has 1 aromatic heterocycles. The number of aromatic nitrogens is 2. The molecule has 0 bridgehead atoms. The molecule has 0 atom stereocenters. The SMILES string of the molecule is COc1ccc(-n2ncc3c2CCCN(C(=O)C2CCC(OC)CC2)C3)cc1. The van der Waals surface area contributed by atoms with Crippen molar-refractivity contribution in [1.29, 1.82) is 0 Å². The molecular formula is C22H29N3O3. The van der Waals surface area contributed by atoms with Gasteiger partial charge < -0.3 is 14.4 Å². The van der Waals surface area contributed by atoms with Crippen LogP contribution in [0, 0.1) is 5.92 Å².